The van der Waals surface area contributed by atoms with E-state index in [1.165, 1.54) is 73.8 Å². The molecule has 300 valence electrons. The van der Waals surface area contributed by atoms with Crippen molar-refractivity contribution >= 4 is 34.9 Å². The summed E-state index contributed by atoms with van der Waals surface area (Å²) in [4.78, 5) is 48.7. The Morgan fingerprint density at radius 2 is 1.18 bits per heavy atom. The van der Waals surface area contributed by atoms with E-state index in [0.29, 0.717) is 0 Å². The van der Waals surface area contributed by atoms with Crippen LogP contribution in [0.1, 0.15) is 41.2 Å². The van der Waals surface area contributed by atoms with Gasteiger partial charge in [-0.2, -0.15) is 26.3 Å². The molecule has 0 spiro atoms. The van der Waals surface area contributed by atoms with Crippen molar-refractivity contribution in [2.24, 2.45) is 0 Å². The van der Waals surface area contributed by atoms with Crippen molar-refractivity contribution in [1.29, 1.82) is 0 Å². The summed E-state index contributed by atoms with van der Waals surface area (Å²) < 4.78 is 134. The summed E-state index contributed by atoms with van der Waals surface area (Å²) in [5, 5.41) is 7.55. The Morgan fingerprint density at radius 1 is 0.667 bits per heavy atom. The van der Waals surface area contributed by atoms with Crippen LogP contribution in [0, 0.1) is 23.3 Å². The van der Waals surface area contributed by atoms with Gasteiger partial charge in [-0.25, -0.2) is 17.6 Å². The molecule has 10 nitrogen and oxygen atoms in total. The zero-order valence-corrected chi connectivity index (χ0v) is 29.3. The molecule has 3 amide bonds. The predicted molar refractivity (Wildman–Crippen MR) is 181 cm³/mol. The number of rotatable bonds is 10. The fourth-order valence-corrected chi connectivity index (χ4v) is 4.87. The largest absolute Gasteiger partial charge is 0.471 e. The second-order valence-electron chi connectivity index (χ2n) is 11.8. The van der Waals surface area contributed by atoms with Gasteiger partial charge in [0.1, 0.15) is 23.3 Å². The normalized spacial score (nSPS) is 11.3. The Morgan fingerprint density at radius 3 is 1.60 bits per heavy atom. The van der Waals surface area contributed by atoms with E-state index >= 15 is 0 Å². The quantitative estimate of drug-likeness (QED) is 0.112. The maximum atomic E-state index is 14.5. The van der Waals surface area contributed by atoms with E-state index in [4.69, 9.17) is 0 Å². The molecule has 0 aliphatic rings. The van der Waals surface area contributed by atoms with Crippen molar-refractivity contribution in [2.75, 3.05) is 16.3 Å². The molecule has 20 heteroatoms. The molecular weight excluding hydrogens is 784 g/mol. The first-order valence-corrected chi connectivity index (χ1v) is 16.1. The summed E-state index contributed by atoms with van der Waals surface area (Å²) in [6.07, 6.45) is -9.95. The summed E-state index contributed by atoms with van der Waals surface area (Å²) in [6.45, 7) is 1.03. The van der Waals surface area contributed by atoms with Gasteiger partial charge >= 0.3 is 24.2 Å². The molecule has 0 fully saturated rings. The smallest absolute Gasteiger partial charge is 0.413 e. The van der Waals surface area contributed by atoms with E-state index in [0.717, 1.165) is 40.1 Å². The molecule has 4 aromatic carbocycles. The number of ketones is 1. The second-order valence-corrected chi connectivity index (χ2v) is 11.8. The maximum absolute atomic E-state index is 14.5. The number of amides is 3. The molecule has 0 aliphatic heterocycles. The van der Waals surface area contributed by atoms with Crippen molar-refractivity contribution in [3.05, 3.63) is 131 Å². The van der Waals surface area contributed by atoms with Crippen LogP contribution in [0.5, 0.6) is 0 Å². The number of carbonyl (C=O) groups is 4. The highest BCUT2D eigenvalue weighted by molar-refractivity contribution is 6.00. The van der Waals surface area contributed by atoms with Gasteiger partial charge in [-0.1, -0.05) is 30.3 Å². The predicted octanol–water partition coefficient (Wildman–Crippen LogP) is 7.97. The van der Waals surface area contributed by atoms with Gasteiger partial charge in [-0.05, 0) is 54.6 Å². The number of alkyl halides is 6. The van der Waals surface area contributed by atoms with Crippen LogP contribution >= 0.6 is 0 Å². The van der Waals surface area contributed by atoms with Gasteiger partial charge in [0.2, 0.25) is 17.7 Å². The van der Waals surface area contributed by atoms with Crippen LogP contribution < -0.4 is 15.1 Å². The number of anilines is 2. The molecule has 1 heterocycles. The Kier molecular flexibility index (Phi) is 13.5. The molecule has 5 aromatic rings. The fraction of sp³-hybridized carbons (Fsp3) is 0.189. The highest BCUT2D eigenvalue weighted by Crippen LogP contribution is 2.31. The highest BCUT2D eigenvalue weighted by Gasteiger charge is 2.39. The molecule has 0 radical (unpaired) electrons. The molecule has 0 saturated carbocycles. The maximum Gasteiger partial charge on any atom is 0.471 e. The number of carbonyl (C=O) groups excluding carboxylic acids is 4. The number of benzene rings is 4. The van der Waals surface area contributed by atoms with Gasteiger partial charge in [-0.15, -0.1) is 10.2 Å². The molecule has 5 rings (SSSR count). The van der Waals surface area contributed by atoms with Gasteiger partial charge < -0.3 is 19.5 Å². The standard InChI is InChI=1S/C19H15F5N2O3.C18H12F5N3O2/c1-11(27)26(15-4-2-3-14(20)8-15)10-13-6-5-12(7-16(13)21)17(28)9-25-18(29)19(22,23)24;1-10(27)26(14-4-2-3-13(19)8-14)9-12-6-5-11(7-15(12)20)16-24-25-17(28-16)18(21,22)23/h2-8H,9-10H2,1H3,(H,25,29);2-8H,9H2,1H3. The average molecular weight is 812 g/mol. The lowest BCUT2D eigenvalue weighted by Gasteiger charge is -2.22. The van der Waals surface area contributed by atoms with Crippen LogP contribution in [0.3, 0.4) is 0 Å². The summed E-state index contributed by atoms with van der Waals surface area (Å²) in [6, 6.07) is 17.0. The van der Waals surface area contributed by atoms with E-state index in [-0.39, 0.29) is 46.7 Å². The first kappa shape index (κ1) is 43.1. The number of Topliss-reactive ketones (excluding diaryl/α,β-unsaturated/α-hetero) is 1. The third-order valence-electron chi connectivity index (χ3n) is 7.67. The number of nitrogens with zero attached hydrogens (tertiary/aromatic N) is 4. The van der Waals surface area contributed by atoms with E-state index in [9.17, 15) is 63.1 Å². The van der Waals surface area contributed by atoms with Crippen LogP contribution in [-0.2, 0) is 33.6 Å². The summed E-state index contributed by atoms with van der Waals surface area (Å²) in [5.74, 6) is -9.00. The molecule has 57 heavy (non-hydrogen) atoms. The van der Waals surface area contributed by atoms with Crippen molar-refractivity contribution in [3.63, 3.8) is 0 Å². The van der Waals surface area contributed by atoms with Crippen molar-refractivity contribution in [3.8, 4) is 11.5 Å². The number of hydrogen-bond acceptors (Lipinski definition) is 7. The van der Waals surface area contributed by atoms with Gasteiger partial charge in [0.25, 0.3) is 0 Å². The van der Waals surface area contributed by atoms with Gasteiger partial charge in [0.15, 0.2) is 5.78 Å². The van der Waals surface area contributed by atoms with Gasteiger partial charge in [-0.3, -0.25) is 19.2 Å². The summed E-state index contributed by atoms with van der Waals surface area (Å²) >= 11 is 0. The Balaban J connectivity index is 0.000000253. The molecule has 0 bridgehead atoms. The average Bonchev–Trinajstić information content (AvgIpc) is 3.64. The molecule has 1 N–H and O–H groups in total. The van der Waals surface area contributed by atoms with Crippen LogP contribution in [0.25, 0.3) is 11.5 Å². The first-order chi connectivity index (χ1) is 26.6. The van der Waals surface area contributed by atoms with E-state index in [2.05, 4.69) is 14.6 Å². The fourth-order valence-electron chi connectivity index (χ4n) is 4.87. The summed E-state index contributed by atoms with van der Waals surface area (Å²) in [5.41, 5.74) is 0.201. The second kappa shape index (κ2) is 17.9. The van der Waals surface area contributed by atoms with Crippen LogP contribution in [0.15, 0.2) is 89.3 Å². The van der Waals surface area contributed by atoms with E-state index in [1.807, 2.05) is 0 Å². The van der Waals surface area contributed by atoms with Crippen LogP contribution in [-0.4, -0.2) is 46.4 Å². The lowest BCUT2D eigenvalue weighted by atomic mass is 10.1. The zero-order valence-electron chi connectivity index (χ0n) is 29.3. The first-order valence-electron chi connectivity index (χ1n) is 16.1. The van der Waals surface area contributed by atoms with Gasteiger partial charge in [0.05, 0.1) is 19.6 Å². The Hall–Kier alpha value is -6.60. The molecule has 1 aromatic heterocycles. The SMILES string of the molecule is CC(=O)N(Cc1ccc(-c2nnc(C(F)(F)F)o2)cc1F)c1cccc(F)c1.CC(=O)N(Cc1ccc(C(=O)CNC(=O)C(F)(F)F)cc1F)c1cccc(F)c1. The minimum atomic E-state index is -5.14. The van der Waals surface area contributed by atoms with Crippen molar-refractivity contribution in [1.82, 2.24) is 15.5 Å². The molecule has 0 atom stereocenters. The third kappa shape index (κ3) is 11.7. The lowest BCUT2D eigenvalue weighted by molar-refractivity contribution is -0.173. The highest BCUT2D eigenvalue weighted by atomic mass is 19.4. The van der Waals surface area contributed by atoms with E-state index < -0.39 is 77.5 Å². The Labute approximate surface area is 315 Å². The van der Waals surface area contributed by atoms with Crippen molar-refractivity contribution in [2.45, 2.75) is 39.3 Å². The minimum absolute atomic E-state index is 0.000313. The number of hydrogen-bond donors (Lipinski definition) is 1. The van der Waals surface area contributed by atoms with Crippen LogP contribution in [0.2, 0.25) is 0 Å². The monoisotopic (exact) mass is 811 g/mol. The lowest BCUT2D eigenvalue weighted by Crippen LogP contribution is -2.39. The minimum Gasteiger partial charge on any atom is -0.413 e. The molecule has 0 saturated heterocycles. The number of nitrogens with one attached hydrogen (secondary N) is 1. The zero-order chi connectivity index (χ0) is 42.2. The molecular formula is C37H27F10N5O5. The van der Waals surface area contributed by atoms with E-state index in [1.54, 1.807) is 0 Å². The molecule has 0 aliphatic carbocycles. The number of aromatic nitrogens is 2. The Bertz CT molecular complexity index is 2280. The summed E-state index contributed by atoms with van der Waals surface area (Å²) in [7, 11) is 0. The topological polar surface area (TPSA) is 126 Å². The van der Waals surface area contributed by atoms with Gasteiger partial charge in [0, 0.05) is 47.5 Å². The number of halogens is 10. The molecule has 0 unspecified atom stereocenters. The third-order valence-corrected chi connectivity index (χ3v) is 7.67. The van der Waals surface area contributed by atoms with Crippen molar-refractivity contribution < 1.29 is 67.5 Å². The van der Waals surface area contributed by atoms with Crippen LogP contribution in [0.4, 0.5) is 55.3 Å².